The van der Waals surface area contributed by atoms with E-state index in [-0.39, 0.29) is 11.9 Å². The maximum absolute atomic E-state index is 12.6. The van der Waals surface area contributed by atoms with Crippen molar-refractivity contribution in [2.24, 2.45) is 0 Å². The molecule has 0 aliphatic carbocycles. The molecule has 1 aromatic carbocycles. The molecule has 0 saturated carbocycles. The second-order valence-corrected chi connectivity index (χ2v) is 5.66. The summed E-state index contributed by atoms with van der Waals surface area (Å²) in [6.45, 7) is 5.82. The van der Waals surface area contributed by atoms with E-state index in [0.29, 0.717) is 32.7 Å². The minimum Gasteiger partial charge on any atom is -0.384 e. The van der Waals surface area contributed by atoms with E-state index in [0.717, 1.165) is 24.2 Å². The summed E-state index contributed by atoms with van der Waals surface area (Å²) in [6, 6.07) is 5.82. The smallest absolute Gasteiger partial charge is 0.317 e. The van der Waals surface area contributed by atoms with Crippen molar-refractivity contribution in [2.75, 3.05) is 44.6 Å². The molecule has 0 bridgehead atoms. The van der Waals surface area contributed by atoms with Crippen molar-refractivity contribution in [2.45, 2.75) is 13.3 Å². The first kappa shape index (κ1) is 14.7. The molecule has 0 unspecified atom stereocenters. The van der Waals surface area contributed by atoms with Crippen LogP contribution in [0.3, 0.4) is 0 Å². The highest BCUT2D eigenvalue weighted by Gasteiger charge is 2.25. The molecule has 0 aromatic heterocycles. The van der Waals surface area contributed by atoms with E-state index in [2.05, 4.69) is 10.6 Å². The fraction of sp³-hybridized carbons (Fsp3) is 0.500. The zero-order chi connectivity index (χ0) is 15.5. The number of nitrogens with one attached hydrogen (secondary N) is 2. The van der Waals surface area contributed by atoms with Gasteiger partial charge >= 0.3 is 6.03 Å². The van der Waals surface area contributed by atoms with Gasteiger partial charge in [-0.2, -0.15) is 0 Å². The second kappa shape index (κ2) is 6.25. The highest BCUT2D eigenvalue weighted by atomic mass is 16.2. The van der Waals surface area contributed by atoms with Crippen LogP contribution in [0.15, 0.2) is 18.2 Å². The number of urea groups is 1. The lowest BCUT2D eigenvalue weighted by Crippen LogP contribution is -2.53. The molecule has 22 heavy (non-hydrogen) atoms. The number of rotatable bonds is 2. The average Bonchev–Trinajstić information content (AvgIpc) is 3.02. The summed E-state index contributed by atoms with van der Waals surface area (Å²) in [5.41, 5.74) is 3.10. The SMILES string of the molecule is CCNC(=O)N1CCN(C(=O)c2ccc3c(c2)CCN3)CC1. The van der Waals surface area contributed by atoms with E-state index in [1.54, 1.807) is 4.90 Å². The molecule has 3 amide bonds. The minimum absolute atomic E-state index is 0.0433. The van der Waals surface area contributed by atoms with Gasteiger partial charge in [0.15, 0.2) is 0 Å². The number of carbonyl (C=O) groups is 2. The van der Waals surface area contributed by atoms with E-state index >= 15 is 0 Å². The maximum atomic E-state index is 12.6. The molecule has 2 aliphatic rings. The van der Waals surface area contributed by atoms with Crippen LogP contribution in [0.4, 0.5) is 10.5 Å². The Morgan fingerprint density at radius 1 is 1.18 bits per heavy atom. The Morgan fingerprint density at radius 2 is 1.91 bits per heavy atom. The molecule has 118 valence electrons. The van der Waals surface area contributed by atoms with Crippen molar-refractivity contribution < 1.29 is 9.59 Å². The Kier molecular flexibility index (Phi) is 4.18. The van der Waals surface area contributed by atoms with E-state index in [4.69, 9.17) is 0 Å². The topological polar surface area (TPSA) is 64.7 Å². The first-order valence-electron chi connectivity index (χ1n) is 7.88. The molecule has 1 aromatic rings. The molecule has 6 heteroatoms. The largest absolute Gasteiger partial charge is 0.384 e. The van der Waals surface area contributed by atoms with Crippen LogP contribution in [0.25, 0.3) is 0 Å². The van der Waals surface area contributed by atoms with Crippen LogP contribution in [0.2, 0.25) is 0 Å². The third-order valence-electron chi connectivity index (χ3n) is 4.24. The molecule has 2 N–H and O–H groups in total. The zero-order valence-corrected chi connectivity index (χ0v) is 12.9. The van der Waals surface area contributed by atoms with Gasteiger partial charge in [-0.15, -0.1) is 0 Å². The molecule has 3 rings (SSSR count). The summed E-state index contributed by atoms with van der Waals surface area (Å²) in [5, 5.41) is 6.10. The van der Waals surface area contributed by atoms with Gasteiger partial charge in [-0.3, -0.25) is 4.79 Å². The molecule has 1 saturated heterocycles. The van der Waals surface area contributed by atoms with Crippen LogP contribution >= 0.6 is 0 Å². The number of fused-ring (bicyclic) bond motifs is 1. The van der Waals surface area contributed by atoms with Gasteiger partial charge in [-0.05, 0) is 37.1 Å². The van der Waals surface area contributed by atoms with Crippen molar-refractivity contribution in [3.05, 3.63) is 29.3 Å². The molecule has 2 heterocycles. The van der Waals surface area contributed by atoms with Crippen molar-refractivity contribution in [1.82, 2.24) is 15.1 Å². The zero-order valence-electron chi connectivity index (χ0n) is 12.9. The molecular formula is C16H22N4O2. The second-order valence-electron chi connectivity index (χ2n) is 5.66. The van der Waals surface area contributed by atoms with Gasteiger partial charge < -0.3 is 20.4 Å². The van der Waals surface area contributed by atoms with Crippen LogP contribution < -0.4 is 10.6 Å². The minimum atomic E-state index is -0.0433. The first-order chi connectivity index (χ1) is 10.7. The fourth-order valence-corrected chi connectivity index (χ4v) is 3.00. The van der Waals surface area contributed by atoms with Gasteiger partial charge in [-0.25, -0.2) is 4.79 Å². The van der Waals surface area contributed by atoms with Gasteiger partial charge in [0, 0.05) is 50.5 Å². The number of anilines is 1. The van der Waals surface area contributed by atoms with Gasteiger partial charge in [0.05, 0.1) is 0 Å². The summed E-state index contributed by atoms with van der Waals surface area (Å²) in [5.74, 6) is 0.0604. The van der Waals surface area contributed by atoms with Crippen LogP contribution in [-0.4, -0.2) is 61.0 Å². The van der Waals surface area contributed by atoms with Crippen molar-refractivity contribution in [3.63, 3.8) is 0 Å². The molecule has 2 aliphatic heterocycles. The quantitative estimate of drug-likeness (QED) is 0.861. The molecular weight excluding hydrogens is 280 g/mol. The van der Waals surface area contributed by atoms with Gasteiger partial charge in [0.25, 0.3) is 5.91 Å². The monoisotopic (exact) mass is 302 g/mol. The lowest BCUT2D eigenvalue weighted by Gasteiger charge is -2.34. The molecule has 0 spiro atoms. The third kappa shape index (κ3) is 2.86. The van der Waals surface area contributed by atoms with E-state index in [1.165, 1.54) is 5.56 Å². The highest BCUT2D eigenvalue weighted by molar-refractivity contribution is 5.95. The van der Waals surface area contributed by atoms with Gasteiger partial charge in [0.1, 0.15) is 0 Å². The van der Waals surface area contributed by atoms with Crippen molar-refractivity contribution in [3.8, 4) is 0 Å². The average molecular weight is 302 g/mol. The van der Waals surface area contributed by atoms with Crippen molar-refractivity contribution >= 4 is 17.6 Å². The third-order valence-corrected chi connectivity index (χ3v) is 4.24. The van der Waals surface area contributed by atoms with E-state index < -0.39 is 0 Å². The Balaban J connectivity index is 1.61. The molecule has 0 atom stereocenters. The van der Waals surface area contributed by atoms with Gasteiger partial charge in [-0.1, -0.05) is 0 Å². The fourth-order valence-electron chi connectivity index (χ4n) is 3.00. The summed E-state index contributed by atoms with van der Waals surface area (Å²) >= 11 is 0. The summed E-state index contributed by atoms with van der Waals surface area (Å²) in [7, 11) is 0. The number of nitrogens with zero attached hydrogens (tertiary/aromatic N) is 2. The lowest BCUT2D eigenvalue weighted by molar-refractivity contribution is 0.0665. The summed E-state index contributed by atoms with van der Waals surface area (Å²) < 4.78 is 0. The number of hydrogen-bond acceptors (Lipinski definition) is 3. The maximum Gasteiger partial charge on any atom is 0.317 e. The number of benzene rings is 1. The lowest BCUT2D eigenvalue weighted by atomic mass is 10.1. The van der Waals surface area contributed by atoms with Crippen LogP contribution in [0.1, 0.15) is 22.8 Å². The van der Waals surface area contributed by atoms with Crippen LogP contribution in [0, 0.1) is 0 Å². The van der Waals surface area contributed by atoms with E-state index in [9.17, 15) is 9.59 Å². The Labute approximate surface area is 130 Å². The van der Waals surface area contributed by atoms with Crippen LogP contribution in [-0.2, 0) is 6.42 Å². The number of carbonyl (C=O) groups excluding carboxylic acids is 2. The number of hydrogen-bond donors (Lipinski definition) is 2. The molecule has 6 nitrogen and oxygen atoms in total. The summed E-state index contributed by atoms with van der Waals surface area (Å²) in [6.07, 6.45) is 0.974. The molecule has 1 fully saturated rings. The Hall–Kier alpha value is -2.24. The Bertz CT molecular complexity index is 580. The molecule has 0 radical (unpaired) electrons. The predicted octanol–water partition coefficient (Wildman–Crippen LogP) is 1.14. The van der Waals surface area contributed by atoms with Crippen molar-refractivity contribution in [1.29, 1.82) is 0 Å². The number of piperazine rings is 1. The van der Waals surface area contributed by atoms with Gasteiger partial charge in [0.2, 0.25) is 0 Å². The summed E-state index contributed by atoms with van der Waals surface area (Å²) in [4.78, 5) is 28.0. The normalized spacial score (nSPS) is 17.0. The highest BCUT2D eigenvalue weighted by Crippen LogP contribution is 2.23. The standard InChI is InChI=1S/C16H22N4O2/c1-2-17-16(22)20-9-7-19(8-10-20)15(21)13-3-4-14-12(11-13)5-6-18-14/h3-4,11,18H,2,5-10H2,1H3,(H,17,22). The number of amides is 3. The predicted molar refractivity (Wildman–Crippen MR) is 85.2 cm³/mol. The Morgan fingerprint density at radius 3 is 2.64 bits per heavy atom. The van der Waals surface area contributed by atoms with E-state index in [1.807, 2.05) is 30.0 Å². The first-order valence-corrected chi connectivity index (χ1v) is 7.88. The van der Waals surface area contributed by atoms with Crippen LogP contribution in [0.5, 0.6) is 0 Å².